The summed E-state index contributed by atoms with van der Waals surface area (Å²) in [4.78, 5) is 0. The van der Waals surface area contributed by atoms with Gasteiger partial charge in [-0.05, 0) is 65.6 Å². The number of methoxy groups -OCH3 is 2. The Hall–Kier alpha value is -2.31. The van der Waals surface area contributed by atoms with Gasteiger partial charge in [0, 0.05) is 11.1 Å². The Labute approximate surface area is 212 Å². The van der Waals surface area contributed by atoms with E-state index in [9.17, 15) is 0 Å². The van der Waals surface area contributed by atoms with E-state index in [-0.39, 0.29) is 7.92 Å². The van der Waals surface area contributed by atoms with E-state index in [1.165, 1.54) is 86.5 Å². The molecule has 2 fully saturated rings. The van der Waals surface area contributed by atoms with Crippen LogP contribution in [0, 0.1) is 0 Å². The molecule has 0 bridgehead atoms. The highest BCUT2D eigenvalue weighted by molar-refractivity contribution is 7.67. The highest BCUT2D eigenvalue weighted by atomic mass is 31.1. The molecule has 0 N–H and O–H groups in total. The maximum Gasteiger partial charge on any atom is 0.126 e. The van der Waals surface area contributed by atoms with E-state index in [0.29, 0.717) is 0 Å². The molecular formula is C32H39O2P. The molecule has 0 saturated heterocycles. The summed E-state index contributed by atoms with van der Waals surface area (Å²) in [6.07, 6.45) is 13.9. The van der Waals surface area contributed by atoms with Crippen LogP contribution in [0.25, 0.3) is 22.3 Å². The molecular weight excluding hydrogens is 447 g/mol. The van der Waals surface area contributed by atoms with Gasteiger partial charge in [0.25, 0.3) is 0 Å². The molecule has 0 spiro atoms. The Kier molecular flexibility index (Phi) is 8.09. The van der Waals surface area contributed by atoms with E-state index in [2.05, 4.69) is 66.7 Å². The van der Waals surface area contributed by atoms with Crippen LogP contribution >= 0.6 is 7.92 Å². The van der Waals surface area contributed by atoms with Crippen LogP contribution in [0.4, 0.5) is 0 Å². The smallest absolute Gasteiger partial charge is 0.126 e. The van der Waals surface area contributed by atoms with Crippen molar-refractivity contribution >= 4 is 13.2 Å². The van der Waals surface area contributed by atoms with Crippen molar-refractivity contribution in [3.63, 3.8) is 0 Å². The summed E-state index contributed by atoms with van der Waals surface area (Å²) >= 11 is 0. The third kappa shape index (κ3) is 5.14. The maximum atomic E-state index is 5.90. The molecule has 0 amide bonds. The summed E-state index contributed by atoms with van der Waals surface area (Å²) in [5.74, 6) is 1.93. The lowest BCUT2D eigenvalue weighted by atomic mass is 9.97. The van der Waals surface area contributed by atoms with Gasteiger partial charge in [0.1, 0.15) is 11.5 Å². The van der Waals surface area contributed by atoms with Crippen LogP contribution in [0.5, 0.6) is 11.5 Å². The van der Waals surface area contributed by atoms with Crippen molar-refractivity contribution in [3.8, 4) is 33.8 Å². The fraction of sp³-hybridized carbons (Fsp3) is 0.438. The first-order valence-corrected chi connectivity index (χ1v) is 15.0. The van der Waals surface area contributed by atoms with Crippen LogP contribution in [0.1, 0.15) is 64.2 Å². The normalized spacial score (nSPS) is 17.5. The third-order valence-corrected chi connectivity index (χ3v) is 11.6. The van der Waals surface area contributed by atoms with E-state index < -0.39 is 0 Å². The van der Waals surface area contributed by atoms with Crippen LogP contribution in [0.2, 0.25) is 0 Å². The quantitative estimate of drug-likeness (QED) is 0.311. The molecule has 0 atom stereocenters. The second-order valence-corrected chi connectivity index (χ2v) is 12.8. The van der Waals surface area contributed by atoms with Gasteiger partial charge >= 0.3 is 0 Å². The number of ether oxygens (including phenoxy) is 2. The summed E-state index contributed by atoms with van der Waals surface area (Å²) in [5, 5.41) is 1.59. The molecule has 0 radical (unpaired) electrons. The molecule has 3 heteroatoms. The van der Waals surface area contributed by atoms with Crippen molar-refractivity contribution in [1.29, 1.82) is 0 Å². The first-order chi connectivity index (χ1) is 17.3. The van der Waals surface area contributed by atoms with Crippen molar-refractivity contribution in [3.05, 3.63) is 66.7 Å². The first-order valence-electron chi connectivity index (χ1n) is 13.5. The molecule has 5 rings (SSSR count). The van der Waals surface area contributed by atoms with Gasteiger partial charge < -0.3 is 9.47 Å². The fourth-order valence-corrected chi connectivity index (χ4v) is 10.5. The highest BCUT2D eigenvalue weighted by Crippen LogP contribution is 2.58. The Morgan fingerprint density at radius 1 is 0.514 bits per heavy atom. The minimum Gasteiger partial charge on any atom is -0.496 e. The third-order valence-electron chi connectivity index (χ3n) is 8.02. The largest absolute Gasteiger partial charge is 0.496 e. The van der Waals surface area contributed by atoms with Crippen LogP contribution < -0.4 is 14.8 Å². The van der Waals surface area contributed by atoms with Gasteiger partial charge in [-0.1, -0.05) is 101 Å². The van der Waals surface area contributed by atoms with Crippen molar-refractivity contribution in [1.82, 2.24) is 0 Å². The van der Waals surface area contributed by atoms with Crippen LogP contribution in [0.3, 0.4) is 0 Å². The lowest BCUT2D eigenvalue weighted by Gasteiger charge is -2.40. The topological polar surface area (TPSA) is 18.5 Å². The molecule has 0 unspecified atom stereocenters. The monoisotopic (exact) mass is 486 g/mol. The van der Waals surface area contributed by atoms with Crippen LogP contribution in [-0.2, 0) is 0 Å². The fourth-order valence-electron chi connectivity index (χ4n) is 6.37. The molecule has 3 aromatic carbocycles. The van der Waals surface area contributed by atoms with Gasteiger partial charge in [0.2, 0.25) is 0 Å². The van der Waals surface area contributed by atoms with Gasteiger partial charge in [-0.15, -0.1) is 0 Å². The Morgan fingerprint density at radius 2 is 0.914 bits per heavy atom. The first kappa shape index (κ1) is 24.4. The molecule has 184 valence electrons. The molecule has 3 aromatic rings. The molecule has 35 heavy (non-hydrogen) atoms. The molecule has 2 saturated carbocycles. The molecule has 0 heterocycles. The van der Waals surface area contributed by atoms with E-state index in [0.717, 1.165) is 22.8 Å². The predicted octanol–water partition coefficient (Wildman–Crippen LogP) is 8.81. The van der Waals surface area contributed by atoms with Gasteiger partial charge in [-0.25, -0.2) is 0 Å². The van der Waals surface area contributed by atoms with E-state index in [1.54, 1.807) is 19.5 Å². The SMILES string of the molecule is COc1ccccc1-c1cccc(-c2ccccc2OC)c1P(C1CCCCC1)C1CCCCC1. The van der Waals surface area contributed by atoms with Crippen molar-refractivity contribution in [2.75, 3.05) is 14.2 Å². The second kappa shape index (κ2) is 11.6. The highest BCUT2D eigenvalue weighted by Gasteiger charge is 2.36. The Morgan fingerprint density at radius 3 is 1.34 bits per heavy atom. The average Bonchev–Trinajstić information content (AvgIpc) is 2.94. The molecule has 2 aliphatic rings. The van der Waals surface area contributed by atoms with E-state index >= 15 is 0 Å². The summed E-state index contributed by atoms with van der Waals surface area (Å²) in [6, 6.07) is 24.1. The minimum atomic E-state index is -0.327. The van der Waals surface area contributed by atoms with Gasteiger partial charge in [0.05, 0.1) is 14.2 Å². The number of para-hydroxylation sites is 2. The summed E-state index contributed by atoms with van der Waals surface area (Å²) in [5.41, 5.74) is 6.81. The Bertz CT molecular complexity index is 1030. The standard InChI is InChI=1S/C32H39O2P/c1-33-30-22-11-9-18-26(30)28-20-13-21-29(27-19-10-12-23-31(27)34-2)32(28)35(24-14-5-3-6-15-24)25-16-7-4-8-17-25/h9-13,18-25H,3-8,14-17H2,1-2H3. The lowest BCUT2D eigenvalue weighted by molar-refractivity contribution is 0.416. The van der Waals surface area contributed by atoms with Crippen molar-refractivity contribution in [2.24, 2.45) is 0 Å². The average molecular weight is 487 g/mol. The Balaban J connectivity index is 1.77. The summed E-state index contributed by atoms with van der Waals surface area (Å²) < 4.78 is 11.8. The zero-order valence-electron chi connectivity index (χ0n) is 21.3. The molecule has 2 aliphatic carbocycles. The number of benzene rings is 3. The van der Waals surface area contributed by atoms with Gasteiger partial charge in [0.15, 0.2) is 0 Å². The molecule has 2 nitrogen and oxygen atoms in total. The van der Waals surface area contributed by atoms with Crippen LogP contribution in [0.15, 0.2) is 66.7 Å². The number of hydrogen-bond donors (Lipinski definition) is 0. The van der Waals surface area contributed by atoms with Gasteiger partial charge in [-0.3, -0.25) is 0 Å². The number of hydrogen-bond acceptors (Lipinski definition) is 2. The predicted molar refractivity (Wildman–Crippen MR) is 151 cm³/mol. The molecule has 0 aliphatic heterocycles. The minimum absolute atomic E-state index is 0.327. The number of rotatable bonds is 7. The van der Waals surface area contributed by atoms with Crippen molar-refractivity contribution < 1.29 is 9.47 Å². The second-order valence-electron chi connectivity index (χ2n) is 10.1. The summed E-state index contributed by atoms with van der Waals surface area (Å²) in [6.45, 7) is 0. The van der Waals surface area contributed by atoms with Crippen molar-refractivity contribution in [2.45, 2.75) is 75.5 Å². The van der Waals surface area contributed by atoms with E-state index in [1.807, 2.05) is 0 Å². The summed E-state index contributed by atoms with van der Waals surface area (Å²) in [7, 11) is 3.27. The maximum absolute atomic E-state index is 5.90. The molecule has 0 aromatic heterocycles. The zero-order chi connectivity index (χ0) is 24.0. The van der Waals surface area contributed by atoms with E-state index in [4.69, 9.17) is 9.47 Å². The lowest BCUT2D eigenvalue weighted by Crippen LogP contribution is -2.28. The van der Waals surface area contributed by atoms with Crippen LogP contribution in [-0.4, -0.2) is 25.5 Å². The zero-order valence-corrected chi connectivity index (χ0v) is 22.2. The van der Waals surface area contributed by atoms with Gasteiger partial charge in [-0.2, -0.15) is 0 Å².